The molecule has 0 fully saturated rings. The van der Waals surface area contributed by atoms with Crippen molar-refractivity contribution >= 4 is 10.0 Å². The topological polar surface area (TPSA) is 81.4 Å². The van der Waals surface area contributed by atoms with Gasteiger partial charge in [0.05, 0.1) is 4.90 Å². The minimum absolute atomic E-state index is 0.0550. The second-order valence-electron chi connectivity index (χ2n) is 5.94. The predicted octanol–water partition coefficient (Wildman–Crippen LogP) is 2.47. The lowest BCUT2D eigenvalue weighted by molar-refractivity contribution is -0.0522. The second-order valence-corrected chi connectivity index (χ2v) is 7.62. The zero-order valence-corrected chi connectivity index (χ0v) is 14.0. The van der Waals surface area contributed by atoms with Gasteiger partial charge in [0.2, 0.25) is 10.0 Å². The van der Waals surface area contributed by atoms with Crippen LogP contribution in [0.25, 0.3) is 0 Å². The predicted molar refractivity (Wildman–Crippen MR) is 80.3 cm³/mol. The van der Waals surface area contributed by atoms with Gasteiger partial charge in [0, 0.05) is 12.1 Å². The third-order valence-corrected chi connectivity index (χ3v) is 4.76. The summed E-state index contributed by atoms with van der Waals surface area (Å²) in [6.07, 6.45) is 0.484. The van der Waals surface area contributed by atoms with E-state index in [0.29, 0.717) is 12.5 Å². The first-order valence-electron chi connectivity index (χ1n) is 6.97. The molecule has 1 unspecified atom stereocenters. The van der Waals surface area contributed by atoms with Crippen molar-refractivity contribution in [3.8, 4) is 5.75 Å². The molecule has 0 aliphatic carbocycles. The summed E-state index contributed by atoms with van der Waals surface area (Å²) in [6.45, 7) is 2.34. The number of halogens is 3. The molecule has 0 amide bonds. The van der Waals surface area contributed by atoms with Gasteiger partial charge < -0.3 is 10.5 Å². The lowest BCUT2D eigenvalue weighted by Crippen LogP contribution is -2.51. The lowest BCUT2D eigenvalue weighted by atomic mass is 9.92. The minimum Gasteiger partial charge on any atom is -0.432 e. The van der Waals surface area contributed by atoms with E-state index in [9.17, 15) is 21.6 Å². The summed E-state index contributed by atoms with van der Waals surface area (Å²) < 4.78 is 69.0. The lowest BCUT2D eigenvalue weighted by Gasteiger charge is -2.30. The summed E-state index contributed by atoms with van der Waals surface area (Å²) in [5.41, 5.74) is 4.74. The highest BCUT2D eigenvalue weighted by atomic mass is 32.2. The fourth-order valence-electron chi connectivity index (χ4n) is 2.29. The number of ether oxygens (including phenoxy) is 1. The van der Waals surface area contributed by atoms with E-state index in [1.807, 2.05) is 13.8 Å². The van der Waals surface area contributed by atoms with Crippen molar-refractivity contribution in [1.82, 2.24) is 4.72 Å². The van der Waals surface area contributed by atoms with Crippen LogP contribution in [0.15, 0.2) is 23.1 Å². The Morgan fingerprint density at radius 2 is 1.96 bits per heavy atom. The molecule has 0 saturated heterocycles. The van der Waals surface area contributed by atoms with Crippen molar-refractivity contribution in [3.05, 3.63) is 24.0 Å². The van der Waals surface area contributed by atoms with Crippen LogP contribution in [0.2, 0.25) is 0 Å². The molecule has 0 saturated carbocycles. The van der Waals surface area contributed by atoms with E-state index in [0.717, 1.165) is 12.1 Å². The average Bonchev–Trinajstić information content (AvgIpc) is 2.38. The quantitative estimate of drug-likeness (QED) is 0.751. The average molecular weight is 354 g/mol. The summed E-state index contributed by atoms with van der Waals surface area (Å²) in [7, 11) is -4.06. The number of benzene rings is 1. The molecule has 3 N–H and O–H groups in total. The van der Waals surface area contributed by atoms with Crippen molar-refractivity contribution in [2.75, 3.05) is 6.54 Å². The van der Waals surface area contributed by atoms with Gasteiger partial charge in [0.15, 0.2) is 11.6 Å². The molecule has 1 rings (SSSR count). The van der Waals surface area contributed by atoms with Crippen molar-refractivity contribution in [3.63, 3.8) is 0 Å². The first-order valence-corrected chi connectivity index (χ1v) is 8.46. The molecule has 1 atom stereocenters. The molecule has 0 bridgehead atoms. The second kappa shape index (κ2) is 7.50. The molecule has 0 aliphatic rings. The molecule has 0 spiro atoms. The van der Waals surface area contributed by atoms with Crippen LogP contribution in [0.5, 0.6) is 5.75 Å². The summed E-state index contributed by atoms with van der Waals surface area (Å²) in [5, 5.41) is 0. The van der Waals surface area contributed by atoms with Crippen LogP contribution < -0.4 is 15.2 Å². The maximum Gasteiger partial charge on any atom is 0.387 e. The monoisotopic (exact) mass is 354 g/mol. The largest absolute Gasteiger partial charge is 0.432 e. The highest BCUT2D eigenvalue weighted by molar-refractivity contribution is 7.89. The van der Waals surface area contributed by atoms with Crippen LogP contribution >= 0.6 is 0 Å². The number of sulfonamides is 1. The minimum atomic E-state index is -4.06. The van der Waals surface area contributed by atoms with E-state index >= 15 is 0 Å². The van der Waals surface area contributed by atoms with Gasteiger partial charge in [-0.2, -0.15) is 8.78 Å². The molecule has 0 heterocycles. The summed E-state index contributed by atoms with van der Waals surface area (Å²) in [5.74, 6) is -1.72. The third-order valence-electron chi connectivity index (χ3n) is 3.12. The maximum absolute atomic E-state index is 13.7. The first kappa shape index (κ1) is 19.7. The Bertz CT molecular complexity index is 638. The van der Waals surface area contributed by atoms with Crippen molar-refractivity contribution in [1.29, 1.82) is 0 Å². The Morgan fingerprint density at radius 1 is 1.35 bits per heavy atom. The van der Waals surface area contributed by atoms with E-state index in [-0.39, 0.29) is 17.4 Å². The van der Waals surface area contributed by atoms with Crippen molar-refractivity contribution in [2.24, 2.45) is 11.7 Å². The molecule has 23 heavy (non-hydrogen) atoms. The van der Waals surface area contributed by atoms with Gasteiger partial charge in [-0.1, -0.05) is 13.8 Å². The Morgan fingerprint density at radius 3 is 2.39 bits per heavy atom. The van der Waals surface area contributed by atoms with Gasteiger partial charge in [0.25, 0.3) is 0 Å². The summed E-state index contributed by atoms with van der Waals surface area (Å²) in [6, 6.07) is 2.47. The Kier molecular flexibility index (Phi) is 6.43. The Hall–Kier alpha value is -1.32. The van der Waals surface area contributed by atoms with E-state index < -0.39 is 33.7 Å². The first-order chi connectivity index (χ1) is 10.5. The molecule has 0 radical (unpaired) electrons. The summed E-state index contributed by atoms with van der Waals surface area (Å²) >= 11 is 0. The molecule has 1 aromatic carbocycles. The normalized spacial score (nSPS) is 15.0. The van der Waals surface area contributed by atoms with E-state index in [4.69, 9.17) is 5.73 Å². The van der Waals surface area contributed by atoms with E-state index in [1.165, 1.54) is 0 Å². The molecular weight excluding hydrogens is 333 g/mol. The van der Waals surface area contributed by atoms with Crippen LogP contribution in [0.1, 0.15) is 27.2 Å². The van der Waals surface area contributed by atoms with Gasteiger partial charge in [-0.15, -0.1) is 0 Å². The Labute approximate surface area is 134 Å². The standard InChI is InChI=1S/C14H21F3N2O3S/c1-9(2)7-14(3,8-18)19-23(20,21)10-4-5-12(11(15)6-10)22-13(16)17/h4-6,9,13,19H,7-8,18H2,1-3H3. The number of rotatable bonds is 8. The van der Waals surface area contributed by atoms with Crippen LogP contribution in [0.3, 0.4) is 0 Å². The highest BCUT2D eigenvalue weighted by Gasteiger charge is 2.30. The van der Waals surface area contributed by atoms with Gasteiger partial charge in [-0.05, 0) is 37.5 Å². The Balaban J connectivity index is 3.06. The number of hydrogen-bond acceptors (Lipinski definition) is 4. The molecule has 1 aromatic rings. The fourth-order valence-corrected chi connectivity index (χ4v) is 3.73. The smallest absolute Gasteiger partial charge is 0.387 e. The summed E-state index contributed by atoms with van der Waals surface area (Å²) in [4.78, 5) is -0.389. The zero-order valence-electron chi connectivity index (χ0n) is 13.1. The molecule has 0 aromatic heterocycles. The number of nitrogens with two attached hydrogens (primary N) is 1. The van der Waals surface area contributed by atoms with Gasteiger partial charge in [-0.25, -0.2) is 17.5 Å². The third kappa shape index (κ3) is 5.67. The SMILES string of the molecule is CC(C)CC(C)(CN)NS(=O)(=O)c1ccc(OC(F)F)c(F)c1. The molecule has 9 heteroatoms. The maximum atomic E-state index is 13.7. The zero-order chi connectivity index (χ0) is 17.8. The molecule has 0 aliphatic heterocycles. The van der Waals surface area contributed by atoms with E-state index in [1.54, 1.807) is 6.92 Å². The molecule has 5 nitrogen and oxygen atoms in total. The van der Waals surface area contributed by atoms with Crippen LogP contribution in [-0.2, 0) is 10.0 Å². The van der Waals surface area contributed by atoms with Crippen LogP contribution in [0.4, 0.5) is 13.2 Å². The van der Waals surface area contributed by atoms with Gasteiger partial charge in [0.1, 0.15) is 0 Å². The van der Waals surface area contributed by atoms with Gasteiger partial charge in [-0.3, -0.25) is 0 Å². The van der Waals surface area contributed by atoms with Crippen molar-refractivity contribution in [2.45, 2.75) is 44.2 Å². The number of nitrogens with one attached hydrogen (secondary N) is 1. The molecular formula is C14H21F3N2O3S. The number of hydrogen-bond donors (Lipinski definition) is 2. The van der Waals surface area contributed by atoms with Crippen LogP contribution in [0, 0.1) is 11.7 Å². The molecule has 132 valence electrons. The van der Waals surface area contributed by atoms with Crippen LogP contribution in [-0.4, -0.2) is 27.1 Å². The highest BCUT2D eigenvalue weighted by Crippen LogP contribution is 2.24. The van der Waals surface area contributed by atoms with E-state index in [2.05, 4.69) is 9.46 Å². The van der Waals surface area contributed by atoms with Gasteiger partial charge >= 0.3 is 6.61 Å². The van der Waals surface area contributed by atoms with Crippen molar-refractivity contribution < 1.29 is 26.3 Å². The fraction of sp³-hybridized carbons (Fsp3) is 0.571. The number of alkyl halides is 2.